The summed E-state index contributed by atoms with van der Waals surface area (Å²) in [5.41, 5.74) is 6.23. The second-order valence-corrected chi connectivity index (χ2v) is 5.28. The monoisotopic (exact) mass is 264 g/mol. The molecule has 6 heteroatoms. The van der Waals surface area contributed by atoms with Gasteiger partial charge in [-0.05, 0) is 24.8 Å². The minimum atomic E-state index is -0.410. The molecule has 0 amide bonds. The van der Waals surface area contributed by atoms with Crippen molar-refractivity contribution < 1.29 is 4.92 Å². The Hall–Kier alpha value is -1.69. The summed E-state index contributed by atoms with van der Waals surface area (Å²) in [6.45, 7) is 2.64. The maximum atomic E-state index is 11.0. The van der Waals surface area contributed by atoms with E-state index in [-0.39, 0.29) is 11.2 Å². The molecular formula is C13H20N4O2. The standard InChI is InChI=1S/C13H20N4O2/c1-10-4-2-3-6-13(10,9-14)16-11-5-7-15-8-12(11)17(18)19/h5,7-8,10H,2-4,6,9,14H2,1H3,(H,15,16). The predicted molar refractivity (Wildman–Crippen MR) is 73.9 cm³/mol. The van der Waals surface area contributed by atoms with Crippen molar-refractivity contribution in [3.8, 4) is 0 Å². The average molecular weight is 264 g/mol. The topological polar surface area (TPSA) is 94.1 Å². The lowest BCUT2D eigenvalue weighted by molar-refractivity contribution is -0.384. The van der Waals surface area contributed by atoms with E-state index in [9.17, 15) is 10.1 Å². The van der Waals surface area contributed by atoms with Gasteiger partial charge in [-0.1, -0.05) is 19.8 Å². The van der Waals surface area contributed by atoms with E-state index in [1.807, 2.05) is 0 Å². The highest BCUT2D eigenvalue weighted by Gasteiger charge is 2.38. The van der Waals surface area contributed by atoms with Gasteiger partial charge >= 0.3 is 5.69 Å². The summed E-state index contributed by atoms with van der Waals surface area (Å²) in [5.74, 6) is 0.402. The van der Waals surface area contributed by atoms with E-state index in [2.05, 4.69) is 17.2 Å². The van der Waals surface area contributed by atoms with Crippen molar-refractivity contribution in [1.82, 2.24) is 4.98 Å². The third-order valence-electron chi connectivity index (χ3n) is 4.20. The Morgan fingerprint density at radius 3 is 3.05 bits per heavy atom. The molecule has 1 fully saturated rings. The Morgan fingerprint density at radius 2 is 2.42 bits per heavy atom. The fourth-order valence-electron chi connectivity index (χ4n) is 2.86. The molecule has 6 nitrogen and oxygen atoms in total. The molecule has 19 heavy (non-hydrogen) atoms. The van der Waals surface area contributed by atoms with E-state index >= 15 is 0 Å². The first-order chi connectivity index (χ1) is 9.09. The van der Waals surface area contributed by atoms with Crippen LogP contribution in [-0.2, 0) is 0 Å². The Kier molecular flexibility index (Phi) is 3.99. The van der Waals surface area contributed by atoms with Crippen molar-refractivity contribution in [3.63, 3.8) is 0 Å². The molecule has 1 saturated carbocycles. The zero-order chi connectivity index (χ0) is 13.9. The first kappa shape index (κ1) is 13.7. The molecule has 0 spiro atoms. The zero-order valence-corrected chi connectivity index (χ0v) is 11.1. The highest BCUT2D eigenvalue weighted by atomic mass is 16.6. The van der Waals surface area contributed by atoms with E-state index in [1.54, 1.807) is 12.3 Å². The normalized spacial score (nSPS) is 26.9. The van der Waals surface area contributed by atoms with E-state index in [4.69, 9.17) is 5.73 Å². The number of aromatic nitrogens is 1. The Bertz CT molecular complexity index is 466. The first-order valence-corrected chi connectivity index (χ1v) is 6.66. The van der Waals surface area contributed by atoms with Crippen LogP contribution in [0.5, 0.6) is 0 Å². The maximum Gasteiger partial charge on any atom is 0.310 e. The number of nitrogens with two attached hydrogens (primary N) is 1. The summed E-state index contributed by atoms with van der Waals surface area (Å²) >= 11 is 0. The van der Waals surface area contributed by atoms with Crippen molar-refractivity contribution in [2.75, 3.05) is 11.9 Å². The third kappa shape index (κ3) is 2.68. The lowest BCUT2D eigenvalue weighted by Crippen LogP contribution is -2.52. The number of hydrogen-bond donors (Lipinski definition) is 2. The summed E-state index contributed by atoms with van der Waals surface area (Å²) in [4.78, 5) is 14.4. The fraction of sp³-hybridized carbons (Fsp3) is 0.615. The molecule has 104 valence electrons. The van der Waals surface area contributed by atoms with Crippen LogP contribution in [0, 0.1) is 16.0 Å². The molecule has 1 aliphatic carbocycles. The van der Waals surface area contributed by atoms with Crippen LogP contribution in [-0.4, -0.2) is 22.0 Å². The van der Waals surface area contributed by atoms with Gasteiger partial charge in [0, 0.05) is 12.7 Å². The van der Waals surface area contributed by atoms with E-state index < -0.39 is 4.92 Å². The van der Waals surface area contributed by atoms with Crippen LogP contribution in [0.15, 0.2) is 18.5 Å². The second kappa shape index (κ2) is 5.52. The van der Waals surface area contributed by atoms with E-state index in [1.165, 1.54) is 12.6 Å². The van der Waals surface area contributed by atoms with Crippen LogP contribution >= 0.6 is 0 Å². The maximum absolute atomic E-state index is 11.0. The molecule has 0 radical (unpaired) electrons. The number of nitrogens with zero attached hydrogens (tertiary/aromatic N) is 2. The molecule has 1 aliphatic rings. The van der Waals surface area contributed by atoms with Gasteiger partial charge in [-0.25, -0.2) is 0 Å². The van der Waals surface area contributed by atoms with Gasteiger partial charge < -0.3 is 11.1 Å². The van der Waals surface area contributed by atoms with Gasteiger partial charge in [0.15, 0.2) is 0 Å². The lowest BCUT2D eigenvalue weighted by Gasteiger charge is -2.43. The quantitative estimate of drug-likeness (QED) is 0.642. The SMILES string of the molecule is CC1CCCCC1(CN)Nc1ccncc1[N+](=O)[O-]. The number of nitro groups is 1. The van der Waals surface area contributed by atoms with Gasteiger partial charge in [0.2, 0.25) is 0 Å². The summed E-state index contributed by atoms with van der Waals surface area (Å²) in [6, 6.07) is 1.65. The molecule has 2 rings (SSSR count). The molecule has 0 bridgehead atoms. The summed E-state index contributed by atoms with van der Waals surface area (Å²) in [5, 5.41) is 14.4. The first-order valence-electron chi connectivity index (χ1n) is 6.66. The average Bonchev–Trinajstić information content (AvgIpc) is 2.42. The molecule has 0 aliphatic heterocycles. The smallest absolute Gasteiger partial charge is 0.310 e. The van der Waals surface area contributed by atoms with E-state index in [0.29, 0.717) is 18.2 Å². The van der Waals surface area contributed by atoms with Crippen LogP contribution in [0.2, 0.25) is 0 Å². The van der Waals surface area contributed by atoms with Gasteiger partial charge in [0.05, 0.1) is 10.5 Å². The predicted octanol–water partition coefficient (Wildman–Crippen LogP) is 2.31. The van der Waals surface area contributed by atoms with Crippen molar-refractivity contribution in [2.45, 2.75) is 38.1 Å². The van der Waals surface area contributed by atoms with Crippen LogP contribution in [0.25, 0.3) is 0 Å². The molecule has 0 aromatic carbocycles. The summed E-state index contributed by atoms with van der Waals surface area (Å²) in [6.07, 6.45) is 7.19. The zero-order valence-electron chi connectivity index (χ0n) is 11.1. The third-order valence-corrected chi connectivity index (χ3v) is 4.20. The van der Waals surface area contributed by atoms with Gasteiger partial charge in [0.1, 0.15) is 11.9 Å². The van der Waals surface area contributed by atoms with Crippen LogP contribution in [0.4, 0.5) is 11.4 Å². The lowest BCUT2D eigenvalue weighted by atomic mass is 9.73. The largest absolute Gasteiger partial charge is 0.372 e. The number of nitrogens with one attached hydrogen (secondary N) is 1. The highest BCUT2D eigenvalue weighted by Crippen LogP contribution is 2.37. The molecule has 0 saturated heterocycles. The molecule has 3 N–H and O–H groups in total. The molecule has 1 aromatic rings. The van der Waals surface area contributed by atoms with Crippen LogP contribution < -0.4 is 11.1 Å². The summed E-state index contributed by atoms with van der Waals surface area (Å²) < 4.78 is 0. The minimum absolute atomic E-state index is 0.00750. The van der Waals surface area contributed by atoms with Crippen molar-refractivity contribution in [1.29, 1.82) is 0 Å². The van der Waals surface area contributed by atoms with Gasteiger partial charge in [-0.15, -0.1) is 0 Å². The summed E-state index contributed by atoms with van der Waals surface area (Å²) in [7, 11) is 0. The number of rotatable bonds is 4. The van der Waals surface area contributed by atoms with Gasteiger partial charge in [-0.3, -0.25) is 15.1 Å². The Balaban J connectivity index is 2.30. The van der Waals surface area contributed by atoms with Crippen LogP contribution in [0.1, 0.15) is 32.6 Å². The van der Waals surface area contributed by atoms with Gasteiger partial charge in [0.25, 0.3) is 0 Å². The van der Waals surface area contributed by atoms with Crippen molar-refractivity contribution >= 4 is 11.4 Å². The number of anilines is 1. The molecule has 2 atom stereocenters. The van der Waals surface area contributed by atoms with Crippen molar-refractivity contribution in [3.05, 3.63) is 28.6 Å². The highest BCUT2D eigenvalue weighted by molar-refractivity contribution is 5.61. The second-order valence-electron chi connectivity index (χ2n) is 5.28. The minimum Gasteiger partial charge on any atom is -0.372 e. The molecule has 1 heterocycles. The Labute approximate surface area is 112 Å². The molecular weight excluding hydrogens is 244 g/mol. The fourth-order valence-corrected chi connectivity index (χ4v) is 2.86. The Morgan fingerprint density at radius 1 is 1.63 bits per heavy atom. The van der Waals surface area contributed by atoms with Crippen LogP contribution in [0.3, 0.4) is 0 Å². The molecule has 1 aromatic heterocycles. The number of pyridine rings is 1. The van der Waals surface area contributed by atoms with Crippen molar-refractivity contribution in [2.24, 2.45) is 11.7 Å². The van der Waals surface area contributed by atoms with E-state index in [0.717, 1.165) is 19.3 Å². The van der Waals surface area contributed by atoms with Gasteiger partial charge in [-0.2, -0.15) is 0 Å². The molecule has 2 unspecified atom stereocenters. The number of hydrogen-bond acceptors (Lipinski definition) is 5.